The lowest BCUT2D eigenvalue weighted by molar-refractivity contribution is -0.118. The number of hydrogen-bond donors (Lipinski definition) is 2. The molecule has 1 saturated heterocycles. The van der Waals surface area contributed by atoms with Gasteiger partial charge in [-0.3, -0.25) is 19.3 Å². The van der Waals surface area contributed by atoms with Crippen LogP contribution in [0.4, 0.5) is 0 Å². The first-order valence-electron chi connectivity index (χ1n) is 13.4. The van der Waals surface area contributed by atoms with Crippen LogP contribution in [0.3, 0.4) is 0 Å². The molecule has 1 aromatic carbocycles. The maximum atomic E-state index is 12.9. The van der Waals surface area contributed by atoms with Gasteiger partial charge in [0.15, 0.2) is 5.76 Å². The maximum absolute atomic E-state index is 12.9. The summed E-state index contributed by atoms with van der Waals surface area (Å²) in [6, 6.07) is 15.3. The number of carbonyl (C=O) groups excluding carboxylic acids is 1. The molecule has 0 spiro atoms. The van der Waals surface area contributed by atoms with Crippen LogP contribution >= 0.6 is 0 Å². The standard InChI is InChI=1S/C30H29N5O6/c31-26(37)13-23(19-4-1-5-21(11-19)41-30-32-8-3-9-33-30)29-28(39)25(36)12-22(40-29)17-34-14-18-10-20(16-34)24-6-2-7-27(38)35(24)15-18/h1-9,11-12,18,20,23,39H,10,13-17H2,(H2,31,37)/t18-,20+,23-/m1/s1. The highest BCUT2D eigenvalue weighted by Gasteiger charge is 2.35. The van der Waals surface area contributed by atoms with Gasteiger partial charge in [-0.1, -0.05) is 18.2 Å². The van der Waals surface area contributed by atoms with Crippen molar-refractivity contribution in [3.8, 4) is 17.5 Å². The molecule has 2 bridgehead atoms. The highest BCUT2D eigenvalue weighted by Crippen LogP contribution is 2.37. The van der Waals surface area contributed by atoms with E-state index in [0.717, 1.165) is 18.7 Å². The lowest BCUT2D eigenvalue weighted by Crippen LogP contribution is -2.46. The molecule has 2 aliphatic rings. The van der Waals surface area contributed by atoms with E-state index in [2.05, 4.69) is 14.9 Å². The van der Waals surface area contributed by atoms with Crippen LogP contribution in [0.25, 0.3) is 0 Å². The van der Waals surface area contributed by atoms with Crippen molar-refractivity contribution in [1.82, 2.24) is 19.4 Å². The van der Waals surface area contributed by atoms with Crippen LogP contribution in [0.1, 0.15) is 47.5 Å². The number of nitrogens with two attached hydrogens (primary N) is 1. The molecule has 1 amide bonds. The number of pyridine rings is 1. The van der Waals surface area contributed by atoms with Crippen LogP contribution in [0.2, 0.25) is 0 Å². The Kier molecular flexibility index (Phi) is 7.10. The Bertz CT molecular complexity index is 1700. The Labute approximate surface area is 234 Å². The number of likely N-dealkylation sites (tertiary alicyclic amines) is 1. The summed E-state index contributed by atoms with van der Waals surface area (Å²) >= 11 is 0. The average Bonchev–Trinajstić information content (AvgIpc) is 2.95. The summed E-state index contributed by atoms with van der Waals surface area (Å²) in [5.74, 6) is -0.803. The number of piperidine rings is 1. The lowest BCUT2D eigenvalue weighted by atomic mass is 9.83. The molecule has 4 aromatic rings. The number of fused-ring (bicyclic) bond motifs is 4. The van der Waals surface area contributed by atoms with E-state index < -0.39 is 23.0 Å². The normalized spacial score (nSPS) is 18.8. The molecule has 3 N–H and O–H groups in total. The number of amides is 1. The zero-order valence-electron chi connectivity index (χ0n) is 22.2. The fourth-order valence-electron chi connectivity index (χ4n) is 6.02. The lowest BCUT2D eigenvalue weighted by Gasteiger charge is -2.42. The Hall–Kier alpha value is -4.77. The SMILES string of the molecule is NC(=O)C[C@H](c1cccc(Oc2ncccn2)c1)c1oc(CN2C[C@H]3C[C@@H](C2)c2cccc(=O)n2C3)cc(=O)c1O. The Morgan fingerprint density at radius 2 is 1.88 bits per heavy atom. The first kappa shape index (κ1) is 26.5. The van der Waals surface area contributed by atoms with Gasteiger partial charge >= 0.3 is 6.01 Å². The summed E-state index contributed by atoms with van der Waals surface area (Å²) in [4.78, 5) is 47.7. The first-order valence-corrected chi connectivity index (χ1v) is 13.4. The molecule has 1 fully saturated rings. The zero-order chi connectivity index (χ0) is 28.5. The zero-order valence-corrected chi connectivity index (χ0v) is 22.2. The molecule has 2 aliphatic heterocycles. The number of aromatic hydroxyl groups is 1. The third-order valence-corrected chi connectivity index (χ3v) is 7.67. The van der Waals surface area contributed by atoms with Crippen molar-refractivity contribution in [2.75, 3.05) is 13.1 Å². The van der Waals surface area contributed by atoms with Gasteiger partial charge < -0.3 is 24.6 Å². The minimum absolute atomic E-state index is 0.0195. The van der Waals surface area contributed by atoms with Gasteiger partial charge in [-0.15, -0.1) is 0 Å². The second kappa shape index (κ2) is 11.0. The van der Waals surface area contributed by atoms with E-state index in [-0.39, 0.29) is 29.7 Å². The van der Waals surface area contributed by atoms with E-state index in [0.29, 0.717) is 42.6 Å². The number of rotatable bonds is 8. The number of primary amides is 1. The number of aromatic nitrogens is 3. The highest BCUT2D eigenvalue weighted by atomic mass is 16.5. The molecule has 0 radical (unpaired) electrons. The van der Waals surface area contributed by atoms with Gasteiger partial charge in [-0.25, -0.2) is 9.97 Å². The van der Waals surface area contributed by atoms with Crippen molar-refractivity contribution in [2.45, 2.75) is 37.8 Å². The molecule has 41 heavy (non-hydrogen) atoms. The topological polar surface area (TPSA) is 154 Å². The summed E-state index contributed by atoms with van der Waals surface area (Å²) in [7, 11) is 0. The van der Waals surface area contributed by atoms with Gasteiger partial charge in [-0.2, -0.15) is 0 Å². The molecule has 0 saturated carbocycles. The Morgan fingerprint density at radius 3 is 2.68 bits per heavy atom. The third kappa shape index (κ3) is 5.62. The molecular formula is C30H29N5O6. The van der Waals surface area contributed by atoms with E-state index >= 15 is 0 Å². The number of hydrogen-bond acceptors (Lipinski definition) is 9. The van der Waals surface area contributed by atoms with Gasteiger partial charge in [0.1, 0.15) is 11.5 Å². The summed E-state index contributed by atoms with van der Waals surface area (Å²) in [6.07, 6.45) is 3.89. The molecule has 0 unspecified atom stereocenters. The highest BCUT2D eigenvalue weighted by molar-refractivity contribution is 5.75. The predicted octanol–water partition coefficient (Wildman–Crippen LogP) is 2.72. The van der Waals surface area contributed by atoms with Crippen molar-refractivity contribution in [3.05, 3.63) is 110 Å². The van der Waals surface area contributed by atoms with E-state index in [1.165, 1.54) is 6.07 Å². The van der Waals surface area contributed by atoms with Gasteiger partial charge in [0.25, 0.3) is 5.56 Å². The minimum atomic E-state index is -0.833. The molecule has 11 heteroatoms. The molecule has 6 rings (SSSR count). The number of ether oxygens (including phenoxy) is 1. The Morgan fingerprint density at radius 1 is 1.07 bits per heavy atom. The average molecular weight is 556 g/mol. The van der Waals surface area contributed by atoms with E-state index in [9.17, 15) is 19.5 Å². The maximum Gasteiger partial charge on any atom is 0.321 e. The van der Waals surface area contributed by atoms with Crippen LogP contribution < -0.4 is 21.5 Å². The van der Waals surface area contributed by atoms with Crippen LogP contribution in [-0.2, 0) is 17.9 Å². The van der Waals surface area contributed by atoms with Gasteiger partial charge in [0, 0.05) is 62.2 Å². The molecule has 3 aromatic heterocycles. The summed E-state index contributed by atoms with van der Waals surface area (Å²) < 4.78 is 13.8. The van der Waals surface area contributed by atoms with Crippen molar-refractivity contribution >= 4 is 5.91 Å². The van der Waals surface area contributed by atoms with Gasteiger partial charge in [-0.05, 0) is 42.2 Å². The fraction of sp³-hybridized carbons (Fsp3) is 0.300. The summed E-state index contributed by atoms with van der Waals surface area (Å²) in [5.41, 5.74) is 6.58. The molecule has 210 valence electrons. The van der Waals surface area contributed by atoms with E-state index in [1.54, 1.807) is 54.9 Å². The quantitative estimate of drug-likeness (QED) is 0.334. The number of carbonyl (C=O) groups is 1. The van der Waals surface area contributed by atoms with Crippen LogP contribution in [0.5, 0.6) is 17.5 Å². The number of nitrogens with zero attached hydrogens (tertiary/aromatic N) is 4. The smallest absolute Gasteiger partial charge is 0.321 e. The van der Waals surface area contributed by atoms with Crippen LogP contribution in [0.15, 0.2) is 81.0 Å². The molecule has 3 atom stereocenters. The van der Waals surface area contributed by atoms with Crippen molar-refractivity contribution in [3.63, 3.8) is 0 Å². The van der Waals surface area contributed by atoms with Crippen molar-refractivity contribution in [2.24, 2.45) is 11.7 Å². The Balaban J connectivity index is 1.29. The van der Waals surface area contributed by atoms with Crippen LogP contribution in [-0.4, -0.2) is 43.5 Å². The van der Waals surface area contributed by atoms with Gasteiger partial charge in [0.2, 0.25) is 17.1 Å². The van der Waals surface area contributed by atoms with E-state index in [1.807, 2.05) is 10.6 Å². The molecule has 5 heterocycles. The summed E-state index contributed by atoms with van der Waals surface area (Å²) in [5, 5.41) is 10.8. The summed E-state index contributed by atoms with van der Waals surface area (Å²) in [6.45, 7) is 2.43. The second-order valence-electron chi connectivity index (χ2n) is 10.6. The van der Waals surface area contributed by atoms with Gasteiger partial charge in [0.05, 0.1) is 12.5 Å². The van der Waals surface area contributed by atoms with Crippen molar-refractivity contribution in [1.29, 1.82) is 0 Å². The second-order valence-corrected chi connectivity index (χ2v) is 10.6. The monoisotopic (exact) mass is 555 g/mol. The molecule has 0 aliphatic carbocycles. The first-order chi connectivity index (χ1) is 19.8. The van der Waals surface area contributed by atoms with E-state index in [4.69, 9.17) is 14.9 Å². The predicted molar refractivity (Wildman–Crippen MR) is 148 cm³/mol. The fourth-order valence-corrected chi connectivity index (χ4v) is 6.02. The molecule has 11 nitrogen and oxygen atoms in total. The van der Waals surface area contributed by atoms with Crippen LogP contribution in [0, 0.1) is 5.92 Å². The third-order valence-electron chi connectivity index (χ3n) is 7.67. The molecular weight excluding hydrogens is 526 g/mol. The van der Waals surface area contributed by atoms with Crippen molar-refractivity contribution < 1.29 is 19.1 Å². The largest absolute Gasteiger partial charge is 0.502 e. The minimum Gasteiger partial charge on any atom is -0.502 e. The number of benzene rings is 1.